The zero-order chi connectivity index (χ0) is 17.5. The van der Waals surface area contributed by atoms with E-state index in [1.807, 2.05) is 19.1 Å². The second-order valence-electron chi connectivity index (χ2n) is 5.33. The van der Waals surface area contributed by atoms with Crippen molar-refractivity contribution in [3.05, 3.63) is 59.2 Å². The maximum Gasteiger partial charge on any atom is 0.161 e. The van der Waals surface area contributed by atoms with Gasteiger partial charge in [-0.15, -0.1) is 0 Å². The van der Waals surface area contributed by atoms with Crippen LogP contribution in [0.1, 0.15) is 24.1 Å². The van der Waals surface area contributed by atoms with Crippen LogP contribution >= 0.6 is 0 Å². The Bertz CT molecular complexity index is 679. The molecule has 4 nitrogen and oxygen atoms in total. The first-order valence-corrected chi connectivity index (χ1v) is 7.64. The minimum absolute atomic E-state index is 0.0712. The third-order valence-corrected chi connectivity index (χ3v) is 3.63. The number of halogens is 2. The SMILES string of the molecule is COc1cc(CNC(C)c2ccc(F)c(F)c2)ccc1OCCO. The molecule has 0 aliphatic carbocycles. The lowest BCUT2D eigenvalue weighted by Crippen LogP contribution is -2.18. The number of hydrogen-bond acceptors (Lipinski definition) is 4. The largest absolute Gasteiger partial charge is 0.493 e. The zero-order valence-corrected chi connectivity index (χ0v) is 13.7. The lowest BCUT2D eigenvalue weighted by atomic mass is 10.1. The third-order valence-electron chi connectivity index (χ3n) is 3.63. The van der Waals surface area contributed by atoms with Gasteiger partial charge in [0.05, 0.1) is 13.7 Å². The Morgan fingerprint density at radius 1 is 1.08 bits per heavy atom. The minimum Gasteiger partial charge on any atom is -0.493 e. The van der Waals surface area contributed by atoms with E-state index < -0.39 is 11.6 Å². The lowest BCUT2D eigenvalue weighted by molar-refractivity contribution is 0.196. The summed E-state index contributed by atoms with van der Waals surface area (Å²) in [6.07, 6.45) is 0. The van der Waals surface area contributed by atoms with Gasteiger partial charge in [-0.05, 0) is 42.3 Å². The van der Waals surface area contributed by atoms with Gasteiger partial charge in [0, 0.05) is 12.6 Å². The Hall–Kier alpha value is -2.18. The molecular formula is C18H21F2NO3. The molecule has 0 aromatic heterocycles. The number of methoxy groups -OCH3 is 1. The van der Waals surface area contributed by atoms with Gasteiger partial charge in [-0.3, -0.25) is 0 Å². The normalized spacial score (nSPS) is 12.0. The highest BCUT2D eigenvalue weighted by Crippen LogP contribution is 2.28. The van der Waals surface area contributed by atoms with E-state index in [9.17, 15) is 8.78 Å². The van der Waals surface area contributed by atoms with Crippen LogP contribution in [0.3, 0.4) is 0 Å². The molecule has 1 unspecified atom stereocenters. The van der Waals surface area contributed by atoms with Crippen LogP contribution in [0.25, 0.3) is 0 Å². The second-order valence-corrected chi connectivity index (χ2v) is 5.33. The minimum atomic E-state index is -0.854. The highest BCUT2D eigenvalue weighted by Gasteiger charge is 2.10. The molecule has 130 valence electrons. The summed E-state index contributed by atoms with van der Waals surface area (Å²) in [7, 11) is 1.54. The summed E-state index contributed by atoms with van der Waals surface area (Å²) in [6.45, 7) is 2.53. The third kappa shape index (κ3) is 4.66. The van der Waals surface area contributed by atoms with Crippen LogP contribution in [0.2, 0.25) is 0 Å². The van der Waals surface area contributed by atoms with Gasteiger partial charge in [-0.25, -0.2) is 8.78 Å². The second kappa shape index (κ2) is 8.61. The first-order chi connectivity index (χ1) is 11.5. The summed E-state index contributed by atoms with van der Waals surface area (Å²) >= 11 is 0. The van der Waals surface area contributed by atoms with Crippen molar-refractivity contribution >= 4 is 0 Å². The smallest absolute Gasteiger partial charge is 0.161 e. The fraction of sp³-hybridized carbons (Fsp3) is 0.333. The van der Waals surface area contributed by atoms with E-state index in [1.165, 1.54) is 6.07 Å². The molecule has 0 saturated carbocycles. The van der Waals surface area contributed by atoms with E-state index in [0.29, 0.717) is 23.6 Å². The molecule has 6 heteroatoms. The number of rotatable bonds is 8. The molecule has 2 aromatic carbocycles. The van der Waals surface area contributed by atoms with Crippen molar-refractivity contribution in [2.45, 2.75) is 19.5 Å². The van der Waals surface area contributed by atoms with Crippen LogP contribution in [0.4, 0.5) is 8.78 Å². The predicted molar refractivity (Wildman–Crippen MR) is 87.2 cm³/mol. The average Bonchev–Trinajstić information content (AvgIpc) is 2.60. The molecule has 2 N–H and O–H groups in total. The van der Waals surface area contributed by atoms with Crippen molar-refractivity contribution in [3.63, 3.8) is 0 Å². The average molecular weight is 337 g/mol. The van der Waals surface area contributed by atoms with Gasteiger partial charge >= 0.3 is 0 Å². The molecule has 0 aliphatic heterocycles. The van der Waals surface area contributed by atoms with Crippen molar-refractivity contribution in [2.75, 3.05) is 20.3 Å². The molecular weight excluding hydrogens is 316 g/mol. The number of ether oxygens (including phenoxy) is 2. The number of aliphatic hydroxyl groups excluding tert-OH is 1. The number of benzene rings is 2. The molecule has 0 radical (unpaired) electrons. The van der Waals surface area contributed by atoms with Crippen LogP contribution in [-0.2, 0) is 6.54 Å². The van der Waals surface area contributed by atoms with E-state index >= 15 is 0 Å². The molecule has 2 rings (SSSR count). The van der Waals surface area contributed by atoms with Crippen LogP contribution in [0.5, 0.6) is 11.5 Å². The molecule has 0 aliphatic rings. The highest BCUT2D eigenvalue weighted by atomic mass is 19.2. The fourth-order valence-electron chi connectivity index (χ4n) is 2.27. The molecule has 24 heavy (non-hydrogen) atoms. The van der Waals surface area contributed by atoms with Crippen molar-refractivity contribution < 1.29 is 23.4 Å². The fourth-order valence-corrected chi connectivity index (χ4v) is 2.27. The van der Waals surface area contributed by atoms with Crippen LogP contribution in [0, 0.1) is 11.6 Å². The molecule has 0 bridgehead atoms. The Labute approximate surface area is 140 Å². The lowest BCUT2D eigenvalue weighted by Gasteiger charge is -2.16. The summed E-state index contributed by atoms with van der Waals surface area (Å²) in [4.78, 5) is 0. The van der Waals surface area contributed by atoms with Gasteiger partial charge in [0.1, 0.15) is 6.61 Å². The molecule has 0 amide bonds. The highest BCUT2D eigenvalue weighted by molar-refractivity contribution is 5.43. The van der Waals surface area contributed by atoms with Crippen molar-refractivity contribution in [1.82, 2.24) is 5.32 Å². The quantitative estimate of drug-likeness (QED) is 0.777. The van der Waals surface area contributed by atoms with Crippen molar-refractivity contribution in [3.8, 4) is 11.5 Å². The van der Waals surface area contributed by atoms with Crippen LogP contribution < -0.4 is 14.8 Å². The molecule has 2 aromatic rings. The summed E-state index contributed by atoms with van der Waals surface area (Å²) in [5, 5.41) is 12.1. The Morgan fingerprint density at radius 2 is 1.88 bits per heavy atom. The van der Waals surface area contributed by atoms with Crippen molar-refractivity contribution in [2.24, 2.45) is 0 Å². The topological polar surface area (TPSA) is 50.7 Å². The van der Waals surface area contributed by atoms with Crippen LogP contribution in [-0.4, -0.2) is 25.4 Å². The molecule has 0 heterocycles. The Morgan fingerprint density at radius 3 is 2.54 bits per heavy atom. The molecule has 1 atom stereocenters. The zero-order valence-electron chi connectivity index (χ0n) is 13.7. The summed E-state index contributed by atoms with van der Waals surface area (Å²) < 4.78 is 36.9. The Balaban J connectivity index is 2.01. The van der Waals surface area contributed by atoms with Gasteiger partial charge in [0.25, 0.3) is 0 Å². The van der Waals surface area contributed by atoms with E-state index in [4.69, 9.17) is 14.6 Å². The number of aliphatic hydroxyl groups is 1. The first kappa shape index (κ1) is 18.2. The van der Waals surface area contributed by atoms with E-state index in [2.05, 4.69) is 5.32 Å². The summed E-state index contributed by atoms with van der Waals surface area (Å²) in [5.41, 5.74) is 1.63. The maximum absolute atomic E-state index is 13.3. The predicted octanol–water partition coefficient (Wildman–Crippen LogP) is 3.20. The number of nitrogens with one attached hydrogen (secondary N) is 1. The first-order valence-electron chi connectivity index (χ1n) is 7.64. The molecule has 0 saturated heterocycles. The van der Waals surface area contributed by atoms with Crippen LogP contribution in [0.15, 0.2) is 36.4 Å². The molecule has 0 spiro atoms. The van der Waals surface area contributed by atoms with Gasteiger partial charge in [0.2, 0.25) is 0 Å². The van der Waals surface area contributed by atoms with Gasteiger partial charge < -0.3 is 19.9 Å². The Kier molecular flexibility index (Phi) is 6.52. The maximum atomic E-state index is 13.3. The summed E-state index contributed by atoms with van der Waals surface area (Å²) in [6, 6.07) is 9.21. The monoisotopic (exact) mass is 337 g/mol. The van der Waals surface area contributed by atoms with E-state index in [0.717, 1.165) is 11.6 Å². The van der Waals surface area contributed by atoms with Gasteiger partial charge in [0.15, 0.2) is 23.1 Å². The van der Waals surface area contributed by atoms with E-state index in [1.54, 1.807) is 19.2 Å². The molecule has 0 fully saturated rings. The van der Waals surface area contributed by atoms with Crippen molar-refractivity contribution in [1.29, 1.82) is 0 Å². The number of hydrogen-bond donors (Lipinski definition) is 2. The van der Waals surface area contributed by atoms with Gasteiger partial charge in [-0.2, -0.15) is 0 Å². The summed E-state index contributed by atoms with van der Waals surface area (Å²) in [5.74, 6) is -0.574. The van der Waals surface area contributed by atoms with Gasteiger partial charge in [-0.1, -0.05) is 12.1 Å². The van der Waals surface area contributed by atoms with E-state index in [-0.39, 0.29) is 19.3 Å². The standard InChI is InChI=1S/C18H21F2NO3/c1-12(14-4-5-15(19)16(20)10-14)21-11-13-3-6-17(24-8-7-22)18(9-13)23-2/h3-6,9-10,12,21-22H,7-8,11H2,1-2H3.